The van der Waals surface area contributed by atoms with E-state index in [1.807, 2.05) is 13.8 Å². The first kappa shape index (κ1) is 15.6. The number of nitrogens with zero attached hydrogens (tertiary/aromatic N) is 1. The molecule has 19 heavy (non-hydrogen) atoms. The summed E-state index contributed by atoms with van der Waals surface area (Å²) in [5, 5.41) is 14.1. The van der Waals surface area contributed by atoms with Crippen molar-refractivity contribution in [1.29, 1.82) is 0 Å². The highest BCUT2D eigenvalue weighted by atomic mass is 79.9. The molecule has 0 aliphatic rings. The summed E-state index contributed by atoms with van der Waals surface area (Å²) in [5.41, 5.74) is -0.851. The van der Waals surface area contributed by atoms with Gasteiger partial charge in [-0.25, -0.2) is 4.39 Å². The average molecular weight is 333 g/mol. The number of amides is 1. The maximum absolute atomic E-state index is 13.0. The minimum absolute atomic E-state index is 0.142. The fourth-order valence-electron chi connectivity index (χ4n) is 1.31. The van der Waals surface area contributed by atoms with Crippen molar-refractivity contribution in [3.63, 3.8) is 0 Å². The maximum Gasteiger partial charge on any atom is 0.285 e. The van der Waals surface area contributed by atoms with Crippen LogP contribution in [0.25, 0.3) is 0 Å². The van der Waals surface area contributed by atoms with E-state index in [0.29, 0.717) is 11.9 Å². The zero-order chi connectivity index (χ0) is 14.6. The van der Waals surface area contributed by atoms with Crippen LogP contribution in [0, 0.1) is 21.3 Å². The minimum atomic E-state index is -0.770. The van der Waals surface area contributed by atoms with Crippen LogP contribution in [-0.2, 0) is 0 Å². The predicted molar refractivity (Wildman–Crippen MR) is 73.0 cm³/mol. The normalized spacial score (nSPS) is 11.2. The lowest BCUT2D eigenvalue weighted by Crippen LogP contribution is -2.35. The second kappa shape index (κ2) is 6.10. The van der Waals surface area contributed by atoms with Crippen molar-refractivity contribution in [2.75, 3.05) is 11.9 Å². The van der Waals surface area contributed by atoms with Gasteiger partial charge in [0.05, 0.1) is 11.0 Å². The Labute approximate surface area is 118 Å². The first-order chi connectivity index (χ1) is 8.76. The van der Waals surface area contributed by atoms with Crippen LogP contribution < -0.4 is 5.32 Å². The molecular weight excluding hydrogens is 319 g/mol. The van der Waals surface area contributed by atoms with Gasteiger partial charge in [0.25, 0.3) is 11.6 Å². The molecule has 5 nitrogen and oxygen atoms in total. The number of carbonyl (C=O) groups excluding carboxylic acids is 1. The van der Waals surface area contributed by atoms with Gasteiger partial charge in [0.1, 0.15) is 11.4 Å². The highest BCUT2D eigenvalue weighted by molar-refractivity contribution is 9.09. The summed E-state index contributed by atoms with van der Waals surface area (Å²) in [7, 11) is 0. The Morgan fingerprint density at radius 2 is 2.16 bits per heavy atom. The van der Waals surface area contributed by atoms with Crippen molar-refractivity contribution in [1.82, 2.24) is 5.32 Å². The minimum Gasteiger partial charge on any atom is -0.351 e. The molecule has 0 saturated heterocycles. The molecule has 0 aliphatic heterocycles. The van der Waals surface area contributed by atoms with Crippen molar-refractivity contribution < 1.29 is 14.1 Å². The quantitative estimate of drug-likeness (QED) is 0.512. The van der Waals surface area contributed by atoms with E-state index in [9.17, 15) is 19.3 Å². The van der Waals surface area contributed by atoms with E-state index in [2.05, 4.69) is 21.2 Å². The second-order valence-corrected chi connectivity index (χ2v) is 5.46. The number of hydrogen-bond donors (Lipinski definition) is 1. The lowest BCUT2D eigenvalue weighted by Gasteiger charge is -2.21. The van der Waals surface area contributed by atoms with Gasteiger partial charge >= 0.3 is 0 Å². The van der Waals surface area contributed by atoms with Crippen molar-refractivity contribution in [3.8, 4) is 0 Å². The smallest absolute Gasteiger partial charge is 0.285 e. The molecule has 104 valence electrons. The van der Waals surface area contributed by atoms with Gasteiger partial charge in [-0.1, -0.05) is 29.8 Å². The maximum atomic E-state index is 13.0. The number of carbonyl (C=O) groups is 1. The van der Waals surface area contributed by atoms with Gasteiger partial charge in [0, 0.05) is 11.9 Å². The van der Waals surface area contributed by atoms with Crippen LogP contribution >= 0.6 is 15.9 Å². The molecule has 0 bridgehead atoms. The first-order valence-corrected chi connectivity index (χ1v) is 6.67. The Bertz CT molecular complexity index is 506. The fraction of sp³-hybridized carbons (Fsp3) is 0.417. The summed E-state index contributed by atoms with van der Waals surface area (Å²) in [5.74, 6) is -1.33. The molecule has 7 heteroatoms. The van der Waals surface area contributed by atoms with Crippen LogP contribution in [0.2, 0.25) is 0 Å². The SMILES string of the molecule is CC(C)(CBr)CNC(=O)c1ccc(F)cc1[N+](=O)[O-]. The number of rotatable bonds is 5. The molecule has 1 rings (SSSR count). The number of nitro groups is 1. The van der Waals surface area contributed by atoms with Gasteiger partial charge in [-0.15, -0.1) is 0 Å². The van der Waals surface area contributed by atoms with Crippen LogP contribution in [0.4, 0.5) is 10.1 Å². The molecule has 0 heterocycles. The van der Waals surface area contributed by atoms with Crippen molar-refractivity contribution in [2.24, 2.45) is 5.41 Å². The van der Waals surface area contributed by atoms with Crippen LogP contribution in [0.5, 0.6) is 0 Å². The van der Waals surface area contributed by atoms with Crippen molar-refractivity contribution >= 4 is 27.5 Å². The summed E-state index contributed by atoms with van der Waals surface area (Å²) < 4.78 is 13.0. The van der Waals surface area contributed by atoms with Crippen molar-refractivity contribution in [3.05, 3.63) is 39.7 Å². The molecule has 0 aromatic heterocycles. The fourth-order valence-corrected chi connectivity index (χ4v) is 1.51. The predicted octanol–water partition coefficient (Wildman–Crippen LogP) is 2.88. The third-order valence-electron chi connectivity index (χ3n) is 2.49. The Kier molecular flexibility index (Phi) is 4.99. The lowest BCUT2D eigenvalue weighted by molar-refractivity contribution is -0.385. The third-order valence-corrected chi connectivity index (χ3v) is 4.01. The number of hydrogen-bond acceptors (Lipinski definition) is 3. The molecule has 1 aromatic rings. The van der Waals surface area contributed by atoms with Crippen LogP contribution in [0.1, 0.15) is 24.2 Å². The van der Waals surface area contributed by atoms with Crippen LogP contribution in [-0.4, -0.2) is 22.7 Å². The van der Waals surface area contributed by atoms with Gasteiger partial charge in [0.2, 0.25) is 0 Å². The number of halogens is 2. The molecule has 0 spiro atoms. The summed E-state index contributed by atoms with van der Waals surface area (Å²) in [6, 6.07) is 2.88. The monoisotopic (exact) mass is 332 g/mol. The van der Waals surface area contributed by atoms with E-state index in [-0.39, 0.29) is 11.0 Å². The van der Waals surface area contributed by atoms with Crippen molar-refractivity contribution in [2.45, 2.75) is 13.8 Å². The molecule has 0 radical (unpaired) electrons. The number of nitro benzene ring substituents is 1. The molecule has 1 N–H and O–H groups in total. The molecule has 0 unspecified atom stereocenters. The largest absolute Gasteiger partial charge is 0.351 e. The molecule has 1 aromatic carbocycles. The Balaban J connectivity index is 2.91. The van der Waals surface area contributed by atoms with E-state index < -0.39 is 22.3 Å². The van der Waals surface area contributed by atoms with Gasteiger partial charge in [-0.2, -0.15) is 0 Å². The summed E-state index contributed by atoms with van der Waals surface area (Å²) >= 11 is 3.32. The molecular formula is C12H14BrFN2O3. The number of benzene rings is 1. The summed E-state index contributed by atoms with van der Waals surface area (Å²) in [6.45, 7) is 4.22. The van der Waals surface area contributed by atoms with E-state index in [1.54, 1.807) is 0 Å². The molecule has 1 amide bonds. The Morgan fingerprint density at radius 3 is 2.68 bits per heavy atom. The molecule has 0 atom stereocenters. The molecule has 0 aliphatic carbocycles. The zero-order valence-electron chi connectivity index (χ0n) is 10.6. The number of alkyl halides is 1. The van der Waals surface area contributed by atoms with E-state index in [4.69, 9.17) is 0 Å². The Morgan fingerprint density at radius 1 is 1.53 bits per heavy atom. The van der Waals surface area contributed by atoms with Gasteiger partial charge < -0.3 is 5.32 Å². The van der Waals surface area contributed by atoms with Gasteiger partial charge in [-0.05, 0) is 17.5 Å². The Hall–Kier alpha value is -1.50. The van der Waals surface area contributed by atoms with E-state index >= 15 is 0 Å². The highest BCUT2D eigenvalue weighted by Crippen LogP contribution is 2.21. The second-order valence-electron chi connectivity index (χ2n) is 4.90. The van der Waals surface area contributed by atoms with Gasteiger partial charge in [0.15, 0.2) is 0 Å². The van der Waals surface area contributed by atoms with E-state index in [1.165, 1.54) is 0 Å². The molecule has 0 saturated carbocycles. The van der Waals surface area contributed by atoms with Crippen LogP contribution in [0.15, 0.2) is 18.2 Å². The topological polar surface area (TPSA) is 72.2 Å². The molecule has 0 fully saturated rings. The summed E-state index contributed by atoms with van der Waals surface area (Å²) in [6.07, 6.45) is 0. The van der Waals surface area contributed by atoms with Crippen LogP contribution in [0.3, 0.4) is 0 Å². The lowest BCUT2D eigenvalue weighted by atomic mass is 9.96. The third kappa shape index (κ3) is 4.27. The van der Waals surface area contributed by atoms with Gasteiger partial charge in [-0.3, -0.25) is 14.9 Å². The summed E-state index contributed by atoms with van der Waals surface area (Å²) in [4.78, 5) is 21.9. The zero-order valence-corrected chi connectivity index (χ0v) is 12.2. The number of nitrogens with one attached hydrogen (secondary N) is 1. The standard InChI is InChI=1S/C12H14BrFN2O3/c1-12(2,6-13)7-15-11(17)9-4-3-8(14)5-10(9)16(18)19/h3-5H,6-7H2,1-2H3,(H,15,17). The van der Waals surface area contributed by atoms with E-state index in [0.717, 1.165) is 18.2 Å². The average Bonchev–Trinajstić information content (AvgIpc) is 2.36. The first-order valence-electron chi connectivity index (χ1n) is 5.55. The highest BCUT2D eigenvalue weighted by Gasteiger charge is 2.23.